The van der Waals surface area contributed by atoms with Crippen molar-refractivity contribution in [2.75, 3.05) is 48.1 Å². The highest BCUT2D eigenvalue weighted by atomic mass is 32.2. The zero-order chi connectivity index (χ0) is 19.6. The molecule has 1 saturated heterocycles. The van der Waals surface area contributed by atoms with Gasteiger partial charge in [0.2, 0.25) is 0 Å². The summed E-state index contributed by atoms with van der Waals surface area (Å²) in [5.74, 6) is 4.64. The minimum atomic E-state index is -1.10. The Hall–Kier alpha value is -2.61. The topological polar surface area (TPSA) is 98.4 Å². The number of nitriles is 1. The molecule has 1 aromatic carbocycles. The zero-order valence-corrected chi connectivity index (χ0v) is 15.5. The monoisotopic (exact) mass is 391 g/mol. The Balaban J connectivity index is 1.83. The first-order valence-corrected chi connectivity index (χ1v) is 9.37. The van der Waals surface area contributed by atoms with Gasteiger partial charge in [0.1, 0.15) is 29.0 Å². The molecule has 2 heterocycles. The highest BCUT2D eigenvalue weighted by Gasteiger charge is 2.22. The number of benzene rings is 1. The maximum absolute atomic E-state index is 14.5. The lowest BCUT2D eigenvalue weighted by Crippen LogP contribution is -2.43. The number of halogens is 2. The van der Waals surface area contributed by atoms with Gasteiger partial charge in [0.05, 0.1) is 17.6 Å². The highest BCUT2D eigenvalue weighted by molar-refractivity contribution is 7.96. The van der Waals surface area contributed by atoms with Gasteiger partial charge in [-0.3, -0.25) is 5.01 Å². The predicted octanol–water partition coefficient (Wildman–Crippen LogP) is 2.23. The Morgan fingerprint density at radius 3 is 2.52 bits per heavy atom. The van der Waals surface area contributed by atoms with E-state index in [0.717, 1.165) is 43.1 Å². The third-order valence-corrected chi connectivity index (χ3v) is 5.29. The van der Waals surface area contributed by atoms with Gasteiger partial charge in [0.25, 0.3) is 0 Å². The smallest absolute Gasteiger partial charge is 0.171 e. The van der Waals surface area contributed by atoms with Crippen molar-refractivity contribution in [3.05, 3.63) is 41.6 Å². The number of nitrogens with zero attached hydrogens (tertiary/aromatic N) is 5. The van der Waals surface area contributed by atoms with Crippen LogP contribution in [0.15, 0.2) is 24.4 Å². The number of piperazine rings is 1. The molecule has 3 rings (SSSR count). The second-order valence-corrected chi connectivity index (χ2v) is 6.82. The fraction of sp³-hybridized carbons (Fsp3) is 0.294. The first kappa shape index (κ1) is 19.2. The Bertz CT molecular complexity index is 861. The Morgan fingerprint density at radius 1 is 1.26 bits per heavy atom. The van der Waals surface area contributed by atoms with Crippen LogP contribution >= 0.6 is 11.9 Å². The largest absolute Gasteiger partial charge is 0.397 e. The normalized spacial score (nSPS) is 14.9. The maximum atomic E-state index is 14.5. The molecule has 7 nitrogen and oxygen atoms in total. The summed E-state index contributed by atoms with van der Waals surface area (Å²) < 4.78 is 30.4. The van der Waals surface area contributed by atoms with E-state index in [-0.39, 0.29) is 11.4 Å². The van der Waals surface area contributed by atoms with Crippen molar-refractivity contribution >= 4 is 34.8 Å². The van der Waals surface area contributed by atoms with Gasteiger partial charge in [-0.15, -0.1) is 0 Å². The van der Waals surface area contributed by atoms with Gasteiger partial charge in [0.15, 0.2) is 5.82 Å². The minimum Gasteiger partial charge on any atom is -0.397 e. The predicted molar refractivity (Wildman–Crippen MR) is 103 cm³/mol. The number of nitrogens with two attached hydrogens (primary N) is 2. The first-order valence-electron chi connectivity index (χ1n) is 8.18. The molecule has 0 amide bonds. The van der Waals surface area contributed by atoms with E-state index in [1.54, 1.807) is 24.1 Å². The SMILES string of the molecule is CSN1CCN(c2ccc(N(N)c3c(N)cc(F)c(C#N)c3F)cn2)CC1. The molecule has 1 aliphatic heterocycles. The number of pyridine rings is 1. The lowest BCUT2D eigenvalue weighted by atomic mass is 10.1. The van der Waals surface area contributed by atoms with Gasteiger partial charge in [-0.1, -0.05) is 11.9 Å². The van der Waals surface area contributed by atoms with Gasteiger partial charge >= 0.3 is 0 Å². The molecule has 1 aliphatic rings. The van der Waals surface area contributed by atoms with Gasteiger partial charge in [-0.05, 0) is 18.4 Å². The quantitative estimate of drug-likeness (QED) is 0.354. The molecule has 2 aromatic rings. The Kier molecular flexibility index (Phi) is 5.65. The molecule has 0 radical (unpaired) electrons. The van der Waals surface area contributed by atoms with Crippen LogP contribution in [0.1, 0.15) is 5.56 Å². The van der Waals surface area contributed by atoms with Crippen LogP contribution in [0, 0.1) is 23.0 Å². The van der Waals surface area contributed by atoms with Crippen molar-refractivity contribution in [3.63, 3.8) is 0 Å². The summed E-state index contributed by atoms with van der Waals surface area (Å²) in [6, 6.07) is 5.82. The summed E-state index contributed by atoms with van der Waals surface area (Å²) in [5.41, 5.74) is 4.87. The van der Waals surface area contributed by atoms with Crippen LogP contribution in [0.5, 0.6) is 0 Å². The number of hydrazine groups is 1. The van der Waals surface area contributed by atoms with Crippen LogP contribution in [0.2, 0.25) is 0 Å². The lowest BCUT2D eigenvalue weighted by molar-refractivity contribution is 0.429. The van der Waals surface area contributed by atoms with Gasteiger partial charge in [0, 0.05) is 32.2 Å². The Labute approximate surface area is 160 Å². The molecule has 0 bridgehead atoms. The molecule has 0 atom stereocenters. The average Bonchev–Trinajstić information content (AvgIpc) is 2.68. The molecule has 0 saturated carbocycles. The van der Waals surface area contributed by atoms with Crippen LogP contribution < -0.4 is 21.5 Å². The van der Waals surface area contributed by atoms with Crippen LogP contribution in [-0.4, -0.2) is 41.7 Å². The van der Waals surface area contributed by atoms with E-state index in [1.165, 1.54) is 12.3 Å². The number of rotatable bonds is 4. The van der Waals surface area contributed by atoms with E-state index in [0.29, 0.717) is 5.69 Å². The van der Waals surface area contributed by atoms with Crippen molar-refractivity contribution in [3.8, 4) is 6.07 Å². The first-order chi connectivity index (χ1) is 13.0. The Morgan fingerprint density at radius 2 is 1.96 bits per heavy atom. The van der Waals surface area contributed by atoms with E-state index in [2.05, 4.69) is 20.4 Å². The second-order valence-electron chi connectivity index (χ2n) is 5.94. The molecule has 1 aromatic heterocycles. The minimum absolute atomic E-state index is 0.205. The van der Waals surface area contributed by atoms with Crippen LogP contribution in [-0.2, 0) is 0 Å². The van der Waals surface area contributed by atoms with E-state index in [9.17, 15) is 8.78 Å². The third kappa shape index (κ3) is 3.75. The summed E-state index contributed by atoms with van der Waals surface area (Å²) in [5, 5.41) is 9.90. The van der Waals surface area contributed by atoms with E-state index >= 15 is 0 Å². The van der Waals surface area contributed by atoms with Crippen molar-refractivity contribution in [2.24, 2.45) is 5.84 Å². The summed E-state index contributed by atoms with van der Waals surface area (Å²) in [4.78, 5) is 6.55. The standard InChI is InChI=1S/C17H19F2N7S/c1-27-25-6-4-24(5-7-25)15-3-2-11(10-23-15)26(22)17-14(21)8-13(18)12(9-20)16(17)19/h2-3,8,10H,4-7,21-22H2,1H3. The molecular weight excluding hydrogens is 372 g/mol. The van der Waals surface area contributed by atoms with Crippen molar-refractivity contribution in [2.45, 2.75) is 0 Å². The van der Waals surface area contributed by atoms with Crippen molar-refractivity contribution < 1.29 is 8.78 Å². The molecular formula is C17H19F2N7S. The number of nitrogen functional groups attached to an aromatic ring is 1. The van der Waals surface area contributed by atoms with E-state index in [4.69, 9.17) is 16.8 Å². The average molecular weight is 391 g/mol. The van der Waals surface area contributed by atoms with Crippen molar-refractivity contribution in [1.29, 1.82) is 5.26 Å². The van der Waals surface area contributed by atoms with Crippen LogP contribution in [0.3, 0.4) is 0 Å². The van der Waals surface area contributed by atoms with Crippen LogP contribution in [0.25, 0.3) is 0 Å². The molecule has 142 valence electrons. The number of anilines is 4. The third-order valence-electron chi connectivity index (χ3n) is 4.41. The van der Waals surface area contributed by atoms with E-state index < -0.39 is 17.2 Å². The van der Waals surface area contributed by atoms with Crippen molar-refractivity contribution in [1.82, 2.24) is 9.29 Å². The molecule has 27 heavy (non-hydrogen) atoms. The lowest BCUT2D eigenvalue weighted by Gasteiger charge is -2.34. The fourth-order valence-corrected chi connectivity index (χ4v) is 3.44. The van der Waals surface area contributed by atoms with Gasteiger partial charge in [-0.2, -0.15) is 5.26 Å². The maximum Gasteiger partial charge on any atom is 0.171 e. The summed E-state index contributed by atoms with van der Waals surface area (Å²) in [7, 11) is 0. The molecule has 0 unspecified atom stereocenters. The fourth-order valence-electron chi connectivity index (χ4n) is 2.91. The molecule has 1 fully saturated rings. The zero-order valence-electron chi connectivity index (χ0n) is 14.7. The van der Waals surface area contributed by atoms with Gasteiger partial charge < -0.3 is 10.6 Å². The molecule has 4 N–H and O–H groups in total. The van der Waals surface area contributed by atoms with Crippen LogP contribution in [0.4, 0.5) is 31.7 Å². The van der Waals surface area contributed by atoms with Gasteiger partial charge in [-0.25, -0.2) is 23.9 Å². The second kappa shape index (κ2) is 7.96. The number of aromatic nitrogens is 1. The molecule has 0 aliphatic carbocycles. The summed E-state index contributed by atoms with van der Waals surface area (Å²) in [6.07, 6.45) is 3.54. The number of hydrogen-bond donors (Lipinski definition) is 2. The number of hydrogen-bond acceptors (Lipinski definition) is 8. The summed E-state index contributed by atoms with van der Waals surface area (Å²) >= 11 is 1.72. The molecule has 0 spiro atoms. The van der Waals surface area contributed by atoms with E-state index in [1.807, 2.05) is 0 Å². The highest BCUT2D eigenvalue weighted by Crippen LogP contribution is 2.33. The molecule has 10 heteroatoms. The summed E-state index contributed by atoms with van der Waals surface area (Å²) in [6.45, 7) is 3.57.